The van der Waals surface area contributed by atoms with Crippen LogP contribution in [0.25, 0.3) is 0 Å². The van der Waals surface area contributed by atoms with Gasteiger partial charge in [0, 0.05) is 6.42 Å². The highest BCUT2D eigenvalue weighted by Crippen LogP contribution is 2.17. The number of hydrogen-bond donors (Lipinski definition) is 3. The molecule has 0 heterocycles. The highest BCUT2D eigenvalue weighted by molar-refractivity contribution is 5.76. The van der Waals surface area contributed by atoms with Crippen molar-refractivity contribution in [3.63, 3.8) is 0 Å². The van der Waals surface area contributed by atoms with Gasteiger partial charge in [-0.3, -0.25) is 4.79 Å². The van der Waals surface area contributed by atoms with Crippen molar-refractivity contribution in [2.75, 3.05) is 6.61 Å². The Morgan fingerprint density at radius 2 is 0.627 bits per heavy atom. The van der Waals surface area contributed by atoms with E-state index in [0.29, 0.717) is 6.42 Å². The number of hydrogen-bond acceptors (Lipinski definition) is 3. The summed E-state index contributed by atoms with van der Waals surface area (Å²) in [5.41, 5.74) is 0. The Kier molecular flexibility index (Phi) is 56.7. The number of nitrogens with one attached hydrogen (secondary N) is 1. The Balaban J connectivity index is 3.46. The lowest BCUT2D eigenvalue weighted by atomic mass is 10.0. The van der Waals surface area contributed by atoms with Gasteiger partial charge in [-0.1, -0.05) is 299 Å². The van der Waals surface area contributed by atoms with Crippen LogP contribution in [0, 0.1) is 0 Å². The standard InChI is InChI=1S/C63H117NO3/c1-3-5-7-9-11-13-15-17-19-21-23-24-25-26-27-28-29-30-31-32-33-34-35-36-37-38-39-40-41-43-45-47-49-51-53-55-57-59-63(67)64-61(60-65)62(66)58-56-54-52-50-48-46-44-42-22-20-18-16-14-12-10-8-6-4-2/h15,17,21,23,25-26,48,50,56,58,61-62,65-66H,3-14,16,18-20,22,24,27-47,49,51-55,57,59-60H2,1-2H3,(H,64,67)/b17-15-,23-21-,26-25-,50-48+,58-56+. The second kappa shape index (κ2) is 58.4. The minimum atomic E-state index is -0.862. The molecule has 2 unspecified atom stereocenters. The molecule has 0 rings (SSSR count). The van der Waals surface area contributed by atoms with Crippen LogP contribution >= 0.6 is 0 Å². The Morgan fingerprint density at radius 1 is 0.358 bits per heavy atom. The number of carbonyl (C=O) groups excluding carboxylic acids is 1. The van der Waals surface area contributed by atoms with Crippen LogP contribution in [0.3, 0.4) is 0 Å². The molecule has 0 fully saturated rings. The zero-order valence-corrected chi connectivity index (χ0v) is 45.2. The van der Waals surface area contributed by atoms with E-state index in [2.05, 4.69) is 67.8 Å². The third kappa shape index (κ3) is 54.9. The number of amides is 1. The lowest BCUT2D eigenvalue weighted by Gasteiger charge is -2.19. The highest BCUT2D eigenvalue weighted by Gasteiger charge is 2.18. The summed E-state index contributed by atoms with van der Waals surface area (Å²) >= 11 is 0. The number of allylic oxidation sites excluding steroid dienone is 9. The summed E-state index contributed by atoms with van der Waals surface area (Å²) in [6, 6.07) is -0.639. The van der Waals surface area contributed by atoms with E-state index in [1.54, 1.807) is 6.08 Å². The molecule has 0 aromatic heterocycles. The van der Waals surface area contributed by atoms with Gasteiger partial charge in [-0.15, -0.1) is 0 Å². The molecule has 392 valence electrons. The van der Waals surface area contributed by atoms with Crippen molar-refractivity contribution in [3.05, 3.63) is 60.8 Å². The van der Waals surface area contributed by atoms with Gasteiger partial charge in [0.05, 0.1) is 18.8 Å². The van der Waals surface area contributed by atoms with Crippen molar-refractivity contribution in [2.45, 2.75) is 328 Å². The van der Waals surface area contributed by atoms with Crippen molar-refractivity contribution in [1.29, 1.82) is 0 Å². The van der Waals surface area contributed by atoms with Crippen LogP contribution in [-0.4, -0.2) is 34.9 Å². The van der Waals surface area contributed by atoms with Gasteiger partial charge in [0.2, 0.25) is 5.91 Å². The molecule has 2 atom stereocenters. The first-order valence-electron chi connectivity index (χ1n) is 30.0. The number of carbonyl (C=O) groups is 1. The molecule has 4 heteroatoms. The first-order chi connectivity index (χ1) is 33.2. The lowest BCUT2D eigenvalue weighted by molar-refractivity contribution is -0.123. The zero-order valence-electron chi connectivity index (χ0n) is 45.2. The van der Waals surface area contributed by atoms with Gasteiger partial charge in [-0.25, -0.2) is 0 Å². The minimum absolute atomic E-state index is 0.0697. The van der Waals surface area contributed by atoms with E-state index in [1.165, 1.54) is 250 Å². The highest BCUT2D eigenvalue weighted by atomic mass is 16.3. The Bertz CT molecular complexity index is 1110. The van der Waals surface area contributed by atoms with Crippen LogP contribution in [0.15, 0.2) is 60.8 Å². The molecule has 0 saturated carbocycles. The maximum Gasteiger partial charge on any atom is 0.220 e. The van der Waals surface area contributed by atoms with E-state index in [-0.39, 0.29) is 12.5 Å². The normalized spacial score (nSPS) is 13.2. The van der Waals surface area contributed by atoms with Gasteiger partial charge in [0.15, 0.2) is 0 Å². The van der Waals surface area contributed by atoms with E-state index in [9.17, 15) is 15.0 Å². The van der Waals surface area contributed by atoms with Crippen LogP contribution < -0.4 is 5.32 Å². The van der Waals surface area contributed by atoms with Gasteiger partial charge in [-0.2, -0.15) is 0 Å². The third-order valence-corrected chi connectivity index (χ3v) is 13.7. The maximum absolute atomic E-state index is 12.5. The Hall–Kier alpha value is -1.91. The molecular weight excluding hydrogens is 819 g/mol. The van der Waals surface area contributed by atoms with Crippen LogP contribution in [0.4, 0.5) is 0 Å². The van der Waals surface area contributed by atoms with Gasteiger partial charge < -0.3 is 15.5 Å². The first-order valence-corrected chi connectivity index (χ1v) is 30.0. The molecule has 0 aliphatic carbocycles. The van der Waals surface area contributed by atoms with Crippen LogP contribution in [0.5, 0.6) is 0 Å². The van der Waals surface area contributed by atoms with Crippen molar-refractivity contribution < 1.29 is 15.0 Å². The molecule has 0 aliphatic heterocycles. The molecule has 0 aliphatic rings. The van der Waals surface area contributed by atoms with Crippen LogP contribution in [0.1, 0.15) is 316 Å². The second-order valence-electron chi connectivity index (χ2n) is 20.4. The van der Waals surface area contributed by atoms with E-state index in [0.717, 1.165) is 44.9 Å². The summed E-state index contributed by atoms with van der Waals surface area (Å²) in [6.45, 7) is 4.31. The molecule has 4 nitrogen and oxygen atoms in total. The van der Waals surface area contributed by atoms with Crippen LogP contribution in [-0.2, 0) is 4.79 Å². The molecule has 1 amide bonds. The van der Waals surface area contributed by atoms with Crippen molar-refractivity contribution in [2.24, 2.45) is 0 Å². The van der Waals surface area contributed by atoms with Gasteiger partial charge in [0.1, 0.15) is 0 Å². The molecular formula is C63H117NO3. The monoisotopic (exact) mass is 936 g/mol. The molecule has 0 bridgehead atoms. The summed E-state index contributed by atoms with van der Waals surface area (Å²) in [4.78, 5) is 12.5. The van der Waals surface area contributed by atoms with Crippen molar-refractivity contribution >= 4 is 5.91 Å². The summed E-state index contributed by atoms with van der Waals surface area (Å²) < 4.78 is 0. The van der Waals surface area contributed by atoms with Crippen LogP contribution in [0.2, 0.25) is 0 Å². The summed E-state index contributed by atoms with van der Waals surface area (Å²) in [5, 5.41) is 23.1. The van der Waals surface area contributed by atoms with Gasteiger partial charge in [0.25, 0.3) is 0 Å². The van der Waals surface area contributed by atoms with E-state index < -0.39 is 12.1 Å². The smallest absolute Gasteiger partial charge is 0.220 e. The van der Waals surface area contributed by atoms with Gasteiger partial charge >= 0.3 is 0 Å². The lowest BCUT2D eigenvalue weighted by Crippen LogP contribution is -2.45. The minimum Gasteiger partial charge on any atom is -0.394 e. The SMILES string of the molecule is CCCCCCC/C=C\C/C=C\C/C=C\CCCCCCCCCCCCCCCCCCCCCCCCC(=O)NC(CO)C(O)/C=C/CC/C=C/CCCCCCCCCCCCCC. The van der Waals surface area contributed by atoms with Crippen molar-refractivity contribution in [1.82, 2.24) is 5.32 Å². The Labute approximate surface area is 419 Å². The molecule has 67 heavy (non-hydrogen) atoms. The summed E-state index contributed by atoms with van der Waals surface area (Å²) in [6.07, 6.45) is 82.6. The fourth-order valence-electron chi connectivity index (χ4n) is 9.15. The van der Waals surface area contributed by atoms with Crippen molar-refractivity contribution in [3.8, 4) is 0 Å². The Morgan fingerprint density at radius 3 is 0.970 bits per heavy atom. The molecule has 0 aromatic rings. The number of aliphatic hydroxyl groups excluding tert-OH is 2. The van der Waals surface area contributed by atoms with E-state index in [4.69, 9.17) is 0 Å². The number of aliphatic hydroxyl groups is 2. The fraction of sp³-hybridized carbons (Fsp3) is 0.825. The molecule has 0 saturated heterocycles. The fourth-order valence-corrected chi connectivity index (χ4v) is 9.15. The summed E-state index contributed by atoms with van der Waals surface area (Å²) in [5.74, 6) is -0.0697. The number of unbranched alkanes of at least 4 members (excludes halogenated alkanes) is 40. The average Bonchev–Trinajstić information content (AvgIpc) is 3.33. The van der Waals surface area contributed by atoms with E-state index in [1.807, 2.05) is 6.08 Å². The van der Waals surface area contributed by atoms with Gasteiger partial charge in [-0.05, 0) is 70.6 Å². The quantitative estimate of drug-likeness (QED) is 0.0420. The largest absolute Gasteiger partial charge is 0.394 e. The molecule has 0 spiro atoms. The topological polar surface area (TPSA) is 69.6 Å². The van der Waals surface area contributed by atoms with E-state index >= 15 is 0 Å². The first kappa shape index (κ1) is 65.1. The maximum atomic E-state index is 12.5. The second-order valence-corrected chi connectivity index (χ2v) is 20.4. The number of rotatable bonds is 55. The predicted molar refractivity (Wildman–Crippen MR) is 299 cm³/mol. The predicted octanol–water partition coefficient (Wildman–Crippen LogP) is 20.0. The zero-order chi connectivity index (χ0) is 48.5. The summed E-state index contributed by atoms with van der Waals surface area (Å²) in [7, 11) is 0. The molecule has 3 N–H and O–H groups in total. The average molecular weight is 937 g/mol. The molecule has 0 aromatic carbocycles. The molecule has 0 radical (unpaired) electrons. The third-order valence-electron chi connectivity index (χ3n) is 13.7.